The van der Waals surface area contributed by atoms with E-state index in [9.17, 15) is 9.59 Å². The molecule has 2 atom stereocenters. The number of rotatable bonds is 3. The number of nitrogens with one attached hydrogen (secondary N) is 1. The zero-order valence-corrected chi connectivity index (χ0v) is 10.7. The Balaban J connectivity index is 2.35. The number of hydrogen-bond acceptors (Lipinski definition) is 4. The number of terminal acetylenes is 1. The Morgan fingerprint density at radius 1 is 1.63 bits per heavy atom. The minimum atomic E-state index is -0.983. The maximum Gasteiger partial charge on any atom is 0.330 e. The molecule has 0 radical (unpaired) electrons. The van der Waals surface area contributed by atoms with E-state index in [-0.39, 0.29) is 6.61 Å². The smallest absolute Gasteiger partial charge is 0.330 e. The van der Waals surface area contributed by atoms with Gasteiger partial charge in [0.25, 0.3) is 5.56 Å². The van der Waals surface area contributed by atoms with E-state index in [0.29, 0.717) is 5.56 Å². The second-order valence-electron chi connectivity index (χ2n) is 4.31. The molecule has 2 heterocycles. The van der Waals surface area contributed by atoms with Gasteiger partial charge in [0.1, 0.15) is 0 Å². The lowest BCUT2D eigenvalue weighted by molar-refractivity contribution is -0.0591. The molecule has 0 aliphatic carbocycles. The number of aromatic amines is 1. The van der Waals surface area contributed by atoms with Gasteiger partial charge >= 0.3 is 5.69 Å². The molecule has 1 aromatic heterocycles. The van der Waals surface area contributed by atoms with E-state index in [2.05, 4.69) is 10.9 Å². The van der Waals surface area contributed by atoms with Crippen molar-refractivity contribution in [2.24, 2.45) is 0 Å². The van der Waals surface area contributed by atoms with Crippen molar-refractivity contribution in [3.05, 3.63) is 44.8 Å². The SMILES string of the molecule is C#C[C@@]1(COC)C=C[C@H](n2cc(C)c(=O)[nH]c2=O)O1. The molecule has 0 saturated heterocycles. The molecule has 0 saturated carbocycles. The predicted molar refractivity (Wildman–Crippen MR) is 68.8 cm³/mol. The second-order valence-corrected chi connectivity index (χ2v) is 4.31. The normalized spacial score (nSPS) is 25.4. The van der Waals surface area contributed by atoms with E-state index in [4.69, 9.17) is 15.9 Å². The summed E-state index contributed by atoms with van der Waals surface area (Å²) in [6.07, 6.45) is 9.56. The first-order valence-corrected chi connectivity index (χ1v) is 5.67. The van der Waals surface area contributed by atoms with Gasteiger partial charge in [-0.05, 0) is 19.1 Å². The van der Waals surface area contributed by atoms with Gasteiger partial charge in [0.05, 0.1) is 6.61 Å². The first-order valence-electron chi connectivity index (χ1n) is 5.67. The highest BCUT2D eigenvalue weighted by molar-refractivity contribution is 5.25. The summed E-state index contributed by atoms with van der Waals surface area (Å²) in [5, 5.41) is 0. The number of methoxy groups -OCH3 is 1. The Kier molecular flexibility index (Phi) is 3.42. The molecule has 6 heteroatoms. The van der Waals surface area contributed by atoms with Crippen LogP contribution in [0.15, 0.2) is 27.9 Å². The molecule has 0 bridgehead atoms. The average molecular weight is 262 g/mol. The summed E-state index contributed by atoms with van der Waals surface area (Å²) in [6.45, 7) is 1.80. The third-order valence-electron chi connectivity index (χ3n) is 2.88. The summed E-state index contributed by atoms with van der Waals surface area (Å²) in [5.74, 6) is 2.50. The van der Waals surface area contributed by atoms with Gasteiger partial charge in [0.15, 0.2) is 11.8 Å². The van der Waals surface area contributed by atoms with Crippen LogP contribution in [-0.2, 0) is 9.47 Å². The Morgan fingerprint density at radius 3 is 3.00 bits per heavy atom. The Labute approximate surface area is 109 Å². The van der Waals surface area contributed by atoms with Crippen molar-refractivity contribution in [1.29, 1.82) is 0 Å². The van der Waals surface area contributed by atoms with Crippen LogP contribution >= 0.6 is 0 Å². The lowest BCUT2D eigenvalue weighted by atomic mass is 10.1. The van der Waals surface area contributed by atoms with Crippen LogP contribution in [0.25, 0.3) is 0 Å². The highest BCUT2D eigenvalue weighted by Crippen LogP contribution is 2.28. The van der Waals surface area contributed by atoms with Gasteiger partial charge in [-0.3, -0.25) is 14.3 Å². The molecule has 19 heavy (non-hydrogen) atoms. The van der Waals surface area contributed by atoms with Crippen molar-refractivity contribution >= 4 is 0 Å². The van der Waals surface area contributed by atoms with Crippen molar-refractivity contribution < 1.29 is 9.47 Å². The number of aryl methyl sites for hydroxylation is 1. The Morgan fingerprint density at radius 2 is 2.37 bits per heavy atom. The lowest BCUT2D eigenvalue weighted by Gasteiger charge is -2.23. The fraction of sp³-hybridized carbons (Fsp3) is 0.385. The number of aromatic nitrogens is 2. The molecular formula is C13H14N2O4. The van der Waals surface area contributed by atoms with Crippen LogP contribution in [0.1, 0.15) is 11.8 Å². The maximum atomic E-state index is 11.7. The predicted octanol–water partition coefficient (Wildman–Crippen LogP) is -0.0516. The van der Waals surface area contributed by atoms with Crippen LogP contribution in [0, 0.1) is 19.3 Å². The summed E-state index contributed by atoms with van der Waals surface area (Å²) >= 11 is 0. The van der Waals surface area contributed by atoms with Crippen LogP contribution < -0.4 is 11.2 Å². The van der Waals surface area contributed by atoms with Gasteiger partial charge in [0, 0.05) is 18.9 Å². The molecule has 0 spiro atoms. The lowest BCUT2D eigenvalue weighted by Crippen LogP contribution is -2.37. The molecule has 1 N–H and O–H groups in total. The highest BCUT2D eigenvalue weighted by Gasteiger charge is 2.35. The quantitative estimate of drug-likeness (QED) is 0.612. The van der Waals surface area contributed by atoms with Crippen LogP contribution in [0.5, 0.6) is 0 Å². The molecule has 1 aromatic rings. The fourth-order valence-corrected chi connectivity index (χ4v) is 1.88. The van der Waals surface area contributed by atoms with Crippen LogP contribution in [0.4, 0.5) is 0 Å². The van der Waals surface area contributed by atoms with Crippen molar-refractivity contribution in [3.63, 3.8) is 0 Å². The molecule has 2 rings (SSSR count). The molecule has 100 valence electrons. The zero-order chi connectivity index (χ0) is 14.0. The number of H-pyrrole nitrogens is 1. The zero-order valence-electron chi connectivity index (χ0n) is 10.7. The summed E-state index contributed by atoms with van der Waals surface area (Å²) < 4.78 is 12.0. The third-order valence-corrected chi connectivity index (χ3v) is 2.88. The van der Waals surface area contributed by atoms with Crippen molar-refractivity contribution in [1.82, 2.24) is 9.55 Å². The number of hydrogen-bond donors (Lipinski definition) is 1. The van der Waals surface area contributed by atoms with Crippen molar-refractivity contribution in [2.75, 3.05) is 13.7 Å². The van der Waals surface area contributed by atoms with Gasteiger partial charge < -0.3 is 9.47 Å². The van der Waals surface area contributed by atoms with Gasteiger partial charge in [0.2, 0.25) is 0 Å². The standard InChI is InChI=1S/C13H14N2O4/c1-4-13(8-18-3)6-5-10(19-13)15-7-9(2)11(16)14-12(15)17/h1,5-7,10H,8H2,2-3H3,(H,14,16,17)/t10-,13+/m1/s1. The second kappa shape index (κ2) is 4.88. The third kappa shape index (κ3) is 2.38. The van der Waals surface area contributed by atoms with E-state index in [0.717, 1.165) is 0 Å². The first kappa shape index (κ1) is 13.3. The monoisotopic (exact) mass is 262 g/mol. The Bertz CT molecular complexity index is 664. The molecule has 6 nitrogen and oxygen atoms in total. The Hall–Kier alpha value is -2.10. The molecule has 0 unspecified atom stereocenters. The summed E-state index contributed by atoms with van der Waals surface area (Å²) in [5.41, 5.74) is -1.52. The van der Waals surface area contributed by atoms with Crippen LogP contribution in [-0.4, -0.2) is 28.9 Å². The first-order chi connectivity index (χ1) is 9.01. The summed E-state index contributed by atoms with van der Waals surface area (Å²) in [4.78, 5) is 25.3. The minimum Gasteiger partial charge on any atom is -0.380 e. The topological polar surface area (TPSA) is 73.3 Å². The van der Waals surface area contributed by atoms with E-state index < -0.39 is 23.1 Å². The minimum absolute atomic E-state index is 0.188. The highest BCUT2D eigenvalue weighted by atomic mass is 16.6. The summed E-state index contributed by atoms with van der Waals surface area (Å²) in [7, 11) is 1.51. The largest absolute Gasteiger partial charge is 0.380 e. The molecule has 1 aliphatic rings. The maximum absolute atomic E-state index is 11.7. The molecule has 0 aromatic carbocycles. The molecule has 0 fully saturated rings. The van der Waals surface area contributed by atoms with Gasteiger partial charge in [-0.1, -0.05) is 5.92 Å². The van der Waals surface area contributed by atoms with Gasteiger partial charge in [-0.2, -0.15) is 0 Å². The average Bonchev–Trinajstić information content (AvgIpc) is 2.79. The van der Waals surface area contributed by atoms with Crippen LogP contribution in [0.2, 0.25) is 0 Å². The number of nitrogens with zero attached hydrogens (tertiary/aromatic N) is 1. The van der Waals surface area contributed by atoms with Crippen molar-refractivity contribution in [3.8, 4) is 12.3 Å². The molecule has 1 aliphatic heterocycles. The van der Waals surface area contributed by atoms with E-state index in [1.165, 1.54) is 17.9 Å². The number of ether oxygens (including phenoxy) is 2. The molecule has 0 amide bonds. The van der Waals surface area contributed by atoms with E-state index in [1.807, 2.05) is 0 Å². The fourth-order valence-electron chi connectivity index (χ4n) is 1.88. The van der Waals surface area contributed by atoms with Crippen LogP contribution in [0.3, 0.4) is 0 Å². The van der Waals surface area contributed by atoms with E-state index >= 15 is 0 Å². The van der Waals surface area contributed by atoms with Crippen molar-refractivity contribution in [2.45, 2.75) is 18.8 Å². The van der Waals surface area contributed by atoms with Gasteiger partial charge in [-0.25, -0.2) is 4.79 Å². The molecular weight excluding hydrogens is 248 g/mol. The summed E-state index contributed by atoms with van der Waals surface area (Å²) in [6, 6.07) is 0. The van der Waals surface area contributed by atoms with Gasteiger partial charge in [-0.15, -0.1) is 6.42 Å². The van der Waals surface area contributed by atoms with E-state index in [1.54, 1.807) is 19.1 Å².